The van der Waals surface area contributed by atoms with E-state index in [1.807, 2.05) is 18.2 Å². The fourth-order valence-electron chi connectivity index (χ4n) is 1.93. The van der Waals surface area contributed by atoms with Crippen LogP contribution in [0.25, 0.3) is 11.0 Å². The molecule has 0 aliphatic rings. The summed E-state index contributed by atoms with van der Waals surface area (Å²) in [7, 11) is 0. The topological polar surface area (TPSA) is 30.2 Å². The number of thioether (sulfide) groups is 1. The molecule has 0 N–H and O–H groups in total. The summed E-state index contributed by atoms with van der Waals surface area (Å²) in [6.45, 7) is 0. The highest BCUT2D eigenvalue weighted by Crippen LogP contribution is 2.28. The minimum atomic E-state index is -0.0766. The molecule has 0 saturated carbocycles. The molecule has 0 amide bonds. The highest BCUT2D eigenvalue weighted by molar-refractivity contribution is 8.00. The van der Waals surface area contributed by atoms with Gasteiger partial charge in [0.25, 0.3) is 0 Å². The van der Waals surface area contributed by atoms with Crippen LogP contribution in [0.1, 0.15) is 10.6 Å². The van der Waals surface area contributed by atoms with E-state index >= 15 is 0 Å². The molecule has 1 aromatic heterocycles. The summed E-state index contributed by atoms with van der Waals surface area (Å²) in [5.74, 6) is 0.538. The fraction of sp³-hybridized carbons (Fsp3) is 0.0625. The summed E-state index contributed by atoms with van der Waals surface area (Å²) in [4.78, 5) is 13.1. The number of carbonyl (C=O) groups excluding carboxylic acids is 1. The standard InChI is InChI=1S/C16H10Cl2O2S/c17-11-5-6-14-10(7-11)8-15(20-14)13(19)9-21-16-4-2-1-3-12(16)18/h1-8H,9H2. The second-order valence-corrected chi connectivity index (χ2v) is 6.30. The molecule has 0 aliphatic heterocycles. The van der Waals surface area contributed by atoms with Gasteiger partial charge in [-0.1, -0.05) is 35.3 Å². The number of halogens is 2. The lowest BCUT2D eigenvalue weighted by Crippen LogP contribution is -2.00. The number of benzene rings is 2. The molecule has 0 saturated heterocycles. The smallest absolute Gasteiger partial charge is 0.208 e. The molecule has 2 nitrogen and oxygen atoms in total. The van der Waals surface area contributed by atoms with E-state index in [-0.39, 0.29) is 11.5 Å². The maximum atomic E-state index is 12.2. The Morgan fingerprint density at radius 2 is 1.90 bits per heavy atom. The summed E-state index contributed by atoms with van der Waals surface area (Å²) in [5, 5.41) is 2.09. The predicted molar refractivity (Wildman–Crippen MR) is 87.7 cm³/mol. The molecule has 0 radical (unpaired) electrons. The molecular weight excluding hydrogens is 327 g/mol. The highest BCUT2D eigenvalue weighted by Gasteiger charge is 2.13. The van der Waals surface area contributed by atoms with Crippen LogP contribution in [0, 0.1) is 0 Å². The van der Waals surface area contributed by atoms with E-state index in [1.54, 1.807) is 30.3 Å². The summed E-state index contributed by atoms with van der Waals surface area (Å²) < 4.78 is 5.55. The van der Waals surface area contributed by atoms with E-state index in [1.165, 1.54) is 11.8 Å². The van der Waals surface area contributed by atoms with E-state index in [0.29, 0.717) is 21.4 Å². The Kier molecular flexibility index (Phi) is 4.24. The van der Waals surface area contributed by atoms with Gasteiger partial charge in [0.05, 0.1) is 10.8 Å². The van der Waals surface area contributed by atoms with Crippen LogP contribution in [0.15, 0.2) is 57.8 Å². The van der Waals surface area contributed by atoms with Gasteiger partial charge >= 0.3 is 0 Å². The molecule has 0 fully saturated rings. The average Bonchev–Trinajstić information content (AvgIpc) is 2.89. The second kappa shape index (κ2) is 6.14. The van der Waals surface area contributed by atoms with E-state index in [9.17, 15) is 4.79 Å². The van der Waals surface area contributed by atoms with Crippen molar-refractivity contribution in [1.82, 2.24) is 0 Å². The van der Waals surface area contributed by atoms with Crippen LogP contribution in [0.4, 0.5) is 0 Å². The SMILES string of the molecule is O=C(CSc1ccccc1Cl)c1cc2cc(Cl)ccc2o1. The van der Waals surface area contributed by atoms with Gasteiger partial charge < -0.3 is 4.42 Å². The van der Waals surface area contributed by atoms with Crippen LogP contribution >= 0.6 is 35.0 Å². The zero-order valence-corrected chi connectivity index (χ0v) is 13.1. The Morgan fingerprint density at radius 3 is 2.71 bits per heavy atom. The Bertz CT molecular complexity index is 811. The van der Waals surface area contributed by atoms with Crippen LogP contribution in [-0.4, -0.2) is 11.5 Å². The monoisotopic (exact) mass is 336 g/mol. The van der Waals surface area contributed by atoms with Gasteiger partial charge in [0.15, 0.2) is 5.76 Å². The average molecular weight is 337 g/mol. The van der Waals surface area contributed by atoms with Crippen molar-refractivity contribution in [2.24, 2.45) is 0 Å². The molecule has 5 heteroatoms. The van der Waals surface area contributed by atoms with Gasteiger partial charge in [-0.05, 0) is 36.4 Å². The van der Waals surface area contributed by atoms with Crippen molar-refractivity contribution in [3.63, 3.8) is 0 Å². The lowest BCUT2D eigenvalue weighted by molar-refractivity contribution is 0.0994. The Hall–Kier alpha value is -1.42. The summed E-state index contributed by atoms with van der Waals surface area (Å²) >= 11 is 13.4. The fourth-order valence-corrected chi connectivity index (χ4v) is 3.22. The molecule has 1 heterocycles. The van der Waals surface area contributed by atoms with Crippen molar-refractivity contribution in [2.45, 2.75) is 4.90 Å². The number of carbonyl (C=O) groups is 1. The van der Waals surface area contributed by atoms with Crippen molar-refractivity contribution in [3.8, 4) is 0 Å². The molecule has 0 bridgehead atoms. The van der Waals surface area contributed by atoms with Gasteiger partial charge in [-0.2, -0.15) is 0 Å². The lowest BCUT2D eigenvalue weighted by Gasteiger charge is -2.01. The summed E-state index contributed by atoms with van der Waals surface area (Å²) in [5.41, 5.74) is 0.658. The summed E-state index contributed by atoms with van der Waals surface area (Å²) in [6, 6.07) is 14.4. The predicted octanol–water partition coefficient (Wildman–Crippen LogP) is 5.71. The quantitative estimate of drug-likeness (QED) is 0.451. The van der Waals surface area contributed by atoms with E-state index < -0.39 is 0 Å². The number of Topliss-reactive ketones (excluding diaryl/α,β-unsaturated/α-hetero) is 1. The number of rotatable bonds is 4. The minimum absolute atomic E-state index is 0.0766. The van der Waals surface area contributed by atoms with Gasteiger partial charge in [-0.15, -0.1) is 11.8 Å². The van der Waals surface area contributed by atoms with Gasteiger partial charge in [0, 0.05) is 15.3 Å². The van der Waals surface area contributed by atoms with Gasteiger partial charge in [-0.25, -0.2) is 0 Å². The largest absolute Gasteiger partial charge is 0.453 e. The van der Waals surface area contributed by atoms with Crippen molar-refractivity contribution < 1.29 is 9.21 Å². The van der Waals surface area contributed by atoms with Crippen molar-refractivity contribution in [2.75, 3.05) is 5.75 Å². The molecule has 0 unspecified atom stereocenters. The Labute approximate surface area is 136 Å². The van der Waals surface area contributed by atoms with E-state index in [4.69, 9.17) is 27.6 Å². The number of furan rings is 1. The van der Waals surface area contributed by atoms with Crippen LogP contribution in [0.3, 0.4) is 0 Å². The molecular formula is C16H10Cl2O2S. The van der Waals surface area contributed by atoms with Crippen LogP contribution in [-0.2, 0) is 0 Å². The third-order valence-electron chi connectivity index (χ3n) is 2.95. The van der Waals surface area contributed by atoms with E-state index in [2.05, 4.69) is 0 Å². The Morgan fingerprint density at radius 1 is 1.10 bits per heavy atom. The third kappa shape index (κ3) is 3.26. The molecule has 106 valence electrons. The molecule has 21 heavy (non-hydrogen) atoms. The lowest BCUT2D eigenvalue weighted by atomic mass is 10.2. The van der Waals surface area contributed by atoms with Gasteiger partial charge in [0.1, 0.15) is 5.58 Å². The zero-order valence-electron chi connectivity index (χ0n) is 10.8. The van der Waals surface area contributed by atoms with Crippen LogP contribution in [0.5, 0.6) is 0 Å². The number of hydrogen-bond donors (Lipinski definition) is 0. The molecule has 0 atom stereocenters. The first-order valence-corrected chi connectivity index (χ1v) is 7.97. The van der Waals surface area contributed by atoms with Crippen molar-refractivity contribution >= 4 is 51.7 Å². The number of hydrogen-bond acceptors (Lipinski definition) is 3. The first-order valence-electron chi connectivity index (χ1n) is 6.23. The molecule has 3 rings (SSSR count). The van der Waals surface area contributed by atoms with Crippen molar-refractivity contribution in [1.29, 1.82) is 0 Å². The zero-order chi connectivity index (χ0) is 14.8. The van der Waals surface area contributed by atoms with E-state index in [0.717, 1.165) is 10.3 Å². The van der Waals surface area contributed by atoms with Crippen LogP contribution in [0.2, 0.25) is 10.0 Å². The molecule has 2 aromatic carbocycles. The maximum Gasteiger partial charge on any atom is 0.208 e. The van der Waals surface area contributed by atoms with Gasteiger partial charge in [0.2, 0.25) is 5.78 Å². The summed E-state index contributed by atoms with van der Waals surface area (Å²) in [6.07, 6.45) is 0. The first kappa shape index (κ1) is 14.5. The van der Waals surface area contributed by atoms with Crippen LogP contribution < -0.4 is 0 Å². The Balaban J connectivity index is 1.76. The number of ketones is 1. The first-order chi connectivity index (χ1) is 10.1. The third-order valence-corrected chi connectivity index (χ3v) is 4.70. The maximum absolute atomic E-state index is 12.2. The molecule has 0 aliphatic carbocycles. The molecule has 3 aromatic rings. The highest BCUT2D eigenvalue weighted by atomic mass is 35.5. The van der Waals surface area contributed by atoms with Gasteiger partial charge in [-0.3, -0.25) is 4.79 Å². The molecule has 0 spiro atoms. The van der Waals surface area contributed by atoms with Crippen molar-refractivity contribution in [3.05, 3.63) is 64.3 Å². The normalized spacial score (nSPS) is 11.0. The second-order valence-electron chi connectivity index (χ2n) is 4.44. The minimum Gasteiger partial charge on any atom is -0.453 e. The number of fused-ring (bicyclic) bond motifs is 1.